The molecule has 0 spiro atoms. The minimum atomic E-state index is 0.0567. The monoisotopic (exact) mass is 293 g/mol. The molecule has 1 aromatic heterocycles. The van der Waals surface area contributed by atoms with Gasteiger partial charge in [-0.3, -0.25) is 14.4 Å². The van der Waals surface area contributed by atoms with Crippen molar-refractivity contribution >= 4 is 11.6 Å². The number of aromatic nitrogens is 2. The van der Waals surface area contributed by atoms with E-state index in [4.69, 9.17) is 0 Å². The molecular formula is C15H27N5O. The second-order valence-corrected chi connectivity index (χ2v) is 5.99. The standard InChI is InChI=1S/C15H27N5O/c1-11-15(12(2)19(4)18-11)17-14(21)10-20-7-5-13(6-8-20)9-16-3/h13,16H,5-10H2,1-4H3,(H,17,21). The molecule has 0 saturated carbocycles. The molecule has 1 fully saturated rings. The molecule has 1 aliphatic rings. The molecule has 0 unspecified atom stereocenters. The predicted molar refractivity (Wildman–Crippen MR) is 84.4 cm³/mol. The Kier molecular flexibility index (Phi) is 5.36. The Morgan fingerprint density at radius 3 is 2.52 bits per heavy atom. The molecule has 1 saturated heterocycles. The minimum absolute atomic E-state index is 0.0567. The Labute approximate surface area is 126 Å². The van der Waals surface area contributed by atoms with Crippen LogP contribution < -0.4 is 10.6 Å². The van der Waals surface area contributed by atoms with Crippen LogP contribution in [0.25, 0.3) is 0 Å². The highest BCUT2D eigenvalue weighted by Crippen LogP contribution is 2.19. The maximum Gasteiger partial charge on any atom is 0.238 e. The van der Waals surface area contributed by atoms with Gasteiger partial charge in [0.2, 0.25) is 5.91 Å². The van der Waals surface area contributed by atoms with Crippen LogP contribution in [0.2, 0.25) is 0 Å². The molecule has 1 aliphatic heterocycles. The SMILES string of the molecule is CNCC1CCN(CC(=O)Nc2c(C)nn(C)c2C)CC1. The maximum absolute atomic E-state index is 12.2. The number of rotatable bonds is 5. The Morgan fingerprint density at radius 2 is 2.00 bits per heavy atom. The molecule has 1 aromatic rings. The number of hydrogen-bond donors (Lipinski definition) is 2. The Hall–Kier alpha value is -1.40. The zero-order chi connectivity index (χ0) is 15.4. The van der Waals surface area contributed by atoms with E-state index in [2.05, 4.69) is 20.6 Å². The van der Waals surface area contributed by atoms with Crippen molar-refractivity contribution in [3.8, 4) is 0 Å². The number of anilines is 1. The Bertz CT molecular complexity index is 488. The van der Waals surface area contributed by atoms with Crippen molar-refractivity contribution in [2.75, 3.05) is 38.5 Å². The van der Waals surface area contributed by atoms with E-state index in [0.29, 0.717) is 6.54 Å². The first-order chi connectivity index (χ1) is 10.0. The third kappa shape index (κ3) is 4.04. The molecule has 21 heavy (non-hydrogen) atoms. The molecule has 0 aromatic carbocycles. The summed E-state index contributed by atoms with van der Waals surface area (Å²) in [5, 5.41) is 10.6. The van der Waals surface area contributed by atoms with Gasteiger partial charge in [0, 0.05) is 7.05 Å². The smallest absolute Gasteiger partial charge is 0.238 e. The van der Waals surface area contributed by atoms with Crippen LogP contribution in [-0.2, 0) is 11.8 Å². The molecule has 0 aliphatic carbocycles. The van der Waals surface area contributed by atoms with Crippen LogP contribution in [0, 0.1) is 19.8 Å². The first-order valence-electron chi connectivity index (χ1n) is 7.68. The zero-order valence-corrected chi connectivity index (χ0v) is 13.6. The van der Waals surface area contributed by atoms with Gasteiger partial charge in [-0.05, 0) is 59.3 Å². The molecule has 1 amide bonds. The predicted octanol–water partition coefficient (Wildman–Crippen LogP) is 0.907. The van der Waals surface area contributed by atoms with E-state index < -0.39 is 0 Å². The van der Waals surface area contributed by atoms with Gasteiger partial charge < -0.3 is 10.6 Å². The Morgan fingerprint density at radius 1 is 1.33 bits per heavy atom. The van der Waals surface area contributed by atoms with Crippen molar-refractivity contribution in [1.29, 1.82) is 0 Å². The number of amides is 1. The lowest BCUT2D eigenvalue weighted by Crippen LogP contribution is -2.41. The number of aryl methyl sites for hydroxylation is 2. The third-order valence-electron chi connectivity index (χ3n) is 4.34. The van der Waals surface area contributed by atoms with Gasteiger partial charge in [-0.15, -0.1) is 0 Å². The summed E-state index contributed by atoms with van der Waals surface area (Å²) in [4.78, 5) is 14.4. The van der Waals surface area contributed by atoms with Crippen molar-refractivity contribution in [1.82, 2.24) is 20.0 Å². The largest absolute Gasteiger partial charge is 0.322 e. The first-order valence-corrected chi connectivity index (χ1v) is 7.68. The fraction of sp³-hybridized carbons (Fsp3) is 0.733. The van der Waals surface area contributed by atoms with Crippen LogP contribution in [0.3, 0.4) is 0 Å². The molecule has 118 valence electrons. The van der Waals surface area contributed by atoms with E-state index in [0.717, 1.165) is 42.6 Å². The quantitative estimate of drug-likeness (QED) is 0.847. The van der Waals surface area contributed by atoms with E-state index in [9.17, 15) is 4.79 Å². The number of nitrogens with one attached hydrogen (secondary N) is 2. The zero-order valence-electron chi connectivity index (χ0n) is 13.6. The molecule has 2 rings (SSSR count). The van der Waals surface area contributed by atoms with Gasteiger partial charge in [0.05, 0.1) is 23.6 Å². The lowest BCUT2D eigenvalue weighted by molar-refractivity contribution is -0.117. The summed E-state index contributed by atoms with van der Waals surface area (Å²) in [6.45, 7) is 7.45. The van der Waals surface area contributed by atoms with Gasteiger partial charge in [0.25, 0.3) is 0 Å². The van der Waals surface area contributed by atoms with Gasteiger partial charge in [-0.2, -0.15) is 5.10 Å². The number of nitrogens with zero attached hydrogens (tertiary/aromatic N) is 3. The number of carbonyl (C=O) groups excluding carboxylic acids is 1. The molecule has 0 bridgehead atoms. The first kappa shape index (κ1) is 16.0. The number of likely N-dealkylation sites (tertiary alicyclic amines) is 1. The van der Waals surface area contributed by atoms with E-state index in [1.54, 1.807) is 4.68 Å². The van der Waals surface area contributed by atoms with E-state index in [1.807, 2.05) is 27.9 Å². The normalized spacial score (nSPS) is 17.1. The molecule has 0 atom stereocenters. The molecule has 0 radical (unpaired) electrons. The van der Waals surface area contributed by atoms with Crippen LogP contribution in [0.5, 0.6) is 0 Å². The summed E-state index contributed by atoms with van der Waals surface area (Å²) in [5.74, 6) is 0.804. The lowest BCUT2D eigenvalue weighted by atomic mass is 9.97. The van der Waals surface area contributed by atoms with Gasteiger partial charge >= 0.3 is 0 Å². The third-order valence-corrected chi connectivity index (χ3v) is 4.34. The van der Waals surface area contributed by atoms with E-state index in [1.165, 1.54) is 12.8 Å². The average molecular weight is 293 g/mol. The Balaban J connectivity index is 1.83. The summed E-state index contributed by atoms with van der Waals surface area (Å²) in [7, 11) is 3.89. The van der Waals surface area contributed by atoms with Crippen molar-refractivity contribution < 1.29 is 4.79 Å². The van der Waals surface area contributed by atoms with Crippen LogP contribution in [-0.4, -0.2) is 53.8 Å². The topological polar surface area (TPSA) is 62.2 Å². The van der Waals surface area contributed by atoms with Crippen LogP contribution >= 0.6 is 0 Å². The molecule has 2 N–H and O–H groups in total. The second kappa shape index (κ2) is 7.04. The maximum atomic E-state index is 12.2. The highest BCUT2D eigenvalue weighted by molar-refractivity contribution is 5.93. The van der Waals surface area contributed by atoms with Crippen LogP contribution in [0.1, 0.15) is 24.2 Å². The van der Waals surface area contributed by atoms with E-state index in [-0.39, 0.29) is 5.91 Å². The van der Waals surface area contributed by atoms with Crippen molar-refractivity contribution in [2.24, 2.45) is 13.0 Å². The minimum Gasteiger partial charge on any atom is -0.322 e. The molecule has 6 heteroatoms. The second-order valence-electron chi connectivity index (χ2n) is 5.99. The van der Waals surface area contributed by atoms with Gasteiger partial charge in [-0.1, -0.05) is 0 Å². The van der Waals surface area contributed by atoms with Gasteiger partial charge in [0.1, 0.15) is 0 Å². The summed E-state index contributed by atoms with van der Waals surface area (Å²) in [6, 6.07) is 0. The van der Waals surface area contributed by atoms with Crippen LogP contribution in [0.15, 0.2) is 0 Å². The number of carbonyl (C=O) groups is 1. The summed E-state index contributed by atoms with van der Waals surface area (Å²) < 4.78 is 1.80. The fourth-order valence-electron chi connectivity index (χ4n) is 2.97. The van der Waals surface area contributed by atoms with Gasteiger partial charge in [0.15, 0.2) is 0 Å². The van der Waals surface area contributed by atoms with E-state index >= 15 is 0 Å². The number of hydrogen-bond acceptors (Lipinski definition) is 4. The van der Waals surface area contributed by atoms with Crippen molar-refractivity contribution in [2.45, 2.75) is 26.7 Å². The molecular weight excluding hydrogens is 266 g/mol. The van der Waals surface area contributed by atoms with Crippen molar-refractivity contribution in [3.63, 3.8) is 0 Å². The highest BCUT2D eigenvalue weighted by atomic mass is 16.2. The highest BCUT2D eigenvalue weighted by Gasteiger charge is 2.21. The summed E-state index contributed by atoms with van der Waals surface area (Å²) in [5.41, 5.74) is 2.72. The van der Waals surface area contributed by atoms with Crippen molar-refractivity contribution in [3.05, 3.63) is 11.4 Å². The average Bonchev–Trinajstić information content (AvgIpc) is 2.68. The summed E-state index contributed by atoms with van der Waals surface area (Å²) >= 11 is 0. The number of piperidine rings is 1. The summed E-state index contributed by atoms with van der Waals surface area (Å²) in [6.07, 6.45) is 2.33. The van der Waals surface area contributed by atoms with Gasteiger partial charge in [-0.25, -0.2) is 0 Å². The molecule has 2 heterocycles. The molecule has 6 nitrogen and oxygen atoms in total. The van der Waals surface area contributed by atoms with Crippen LogP contribution in [0.4, 0.5) is 5.69 Å². The lowest BCUT2D eigenvalue weighted by Gasteiger charge is -2.31. The fourth-order valence-corrected chi connectivity index (χ4v) is 2.97.